The van der Waals surface area contributed by atoms with Crippen LogP contribution in [0.4, 0.5) is 0 Å². The average molecular weight is 193 g/mol. The molecule has 2 aliphatic carbocycles. The molecule has 0 aromatic heterocycles. The summed E-state index contributed by atoms with van der Waals surface area (Å²) in [5.74, 6) is 1.02. The van der Waals surface area contributed by atoms with E-state index in [4.69, 9.17) is 0 Å². The van der Waals surface area contributed by atoms with E-state index >= 15 is 0 Å². The zero-order valence-electron chi connectivity index (χ0n) is 9.44. The van der Waals surface area contributed by atoms with Gasteiger partial charge in [-0.25, -0.2) is 0 Å². The van der Waals surface area contributed by atoms with Gasteiger partial charge in [-0.15, -0.1) is 0 Å². The molecule has 0 bridgehead atoms. The van der Waals surface area contributed by atoms with Gasteiger partial charge in [0.05, 0.1) is 0 Å². The zero-order chi connectivity index (χ0) is 10.4. The SMILES string of the molecule is [CH2]C1CC[C@@]2(CC)C(=O)CCC[C@]12C. The summed E-state index contributed by atoms with van der Waals surface area (Å²) in [6, 6.07) is 0. The van der Waals surface area contributed by atoms with Gasteiger partial charge >= 0.3 is 0 Å². The highest BCUT2D eigenvalue weighted by Gasteiger charge is 2.59. The van der Waals surface area contributed by atoms with E-state index in [0.717, 1.165) is 32.1 Å². The van der Waals surface area contributed by atoms with Crippen molar-refractivity contribution >= 4 is 5.78 Å². The number of ketones is 1. The van der Waals surface area contributed by atoms with Crippen LogP contribution in [0.5, 0.6) is 0 Å². The third kappa shape index (κ3) is 0.988. The Morgan fingerprint density at radius 3 is 2.79 bits per heavy atom. The van der Waals surface area contributed by atoms with Crippen molar-refractivity contribution in [3.05, 3.63) is 6.92 Å². The maximum atomic E-state index is 12.2. The predicted octanol–water partition coefficient (Wildman–Crippen LogP) is 3.39. The Morgan fingerprint density at radius 1 is 1.50 bits per heavy atom. The van der Waals surface area contributed by atoms with Gasteiger partial charge in [-0.2, -0.15) is 0 Å². The van der Waals surface area contributed by atoms with Crippen molar-refractivity contribution in [3.63, 3.8) is 0 Å². The number of hydrogen-bond donors (Lipinski definition) is 0. The number of Topliss-reactive ketones (excluding diaryl/α,β-unsaturated/α-hetero) is 1. The Hall–Kier alpha value is -0.330. The highest BCUT2D eigenvalue weighted by atomic mass is 16.1. The summed E-state index contributed by atoms with van der Waals surface area (Å²) in [5.41, 5.74) is 0.203. The van der Waals surface area contributed by atoms with Crippen LogP contribution < -0.4 is 0 Å². The number of carbonyl (C=O) groups excluding carboxylic acids is 1. The number of rotatable bonds is 1. The molecule has 0 saturated heterocycles. The summed E-state index contributed by atoms with van der Waals surface area (Å²) in [6.45, 7) is 8.75. The van der Waals surface area contributed by atoms with Gasteiger partial charge in [-0.1, -0.05) is 13.8 Å². The summed E-state index contributed by atoms with van der Waals surface area (Å²) >= 11 is 0. The number of fused-ring (bicyclic) bond motifs is 1. The quantitative estimate of drug-likeness (QED) is 0.624. The fourth-order valence-corrected chi connectivity index (χ4v) is 3.95. The Labute approximate surface area is 87.3 Å². The van der Waals surface area contributed by atoms with E-state index in [9.17, 15) is 4.79 Å². The van der Waals surface area contributed by atoms with E-state index < -0.39 is 0 Å². The van der Waals surface area contributed by atoms with Crippen LogP contribution in [0.2, 0.25) is 0 Å². The summed E-state index contributed by atoms with van der Waals surface area (Å²) in [6.07, 6.45) is 6.37. The highest BCUT2D eigenvalue weighted by Crippen LogP contribution is 2.63. The molecule has 79 valence electrons. The minimum Gasteiger partial charge on any atom is -0.299 e. The monoisotopic (exact) mass is 193 g/mol. The molecule has 1 radical (unpaired) electrons. The first kappa shape index (κ1) is 10.2. The van der Waals surface area contributed by atoms with Crippen molar-refractivity contribution < 1.29 is 4.79 Å². The lowest BCUT2D eigenvalue weighted by Crippen LogP contribution is -2.47. The van der Waals surface area contributed by atoms with Crippen LogP contribution in [-0.2, 0) is 4.79 Å². The Bertz CT molecular complexity index is 258. The predicted molar refractivity (Wildman–Crippen MR) is 57.8 cm³/mol. The van der Waals surface area contributed by atoms with Gasteiger partial charge in [-0.3, -0.25) is 4.79 Å². The molecule has 14 heavy (non-hydrogen) atoms. The molecule has 2 aliphatic rings. The first-order valence-electron chi connectivity index (χ1n) is 5.93. The van der Waals surface area contributed by atoms with Gasteiger partial charge in [-0.05, 0) is 50.4 Å². The second-order valence-electron chi connectivity index (χ2n) is 5.37. The summed E-state index contributed by atoms with van der Waals surface area (Å²) in [4.78, 5) is 12.2. The minimum absolute atomic E-state index is 0.00231. The van der Waals surface area contributed by atoms with Gasteiger partial charge in [0.2, 0.25) is 0 Å². The fraction of sp³-hybridized carbons (Fsp3) is 0.846. The number of carbonyl (C=O) groups is 1. The standard InChI is InChI=1S/C13H21O/c1-4-13-9-7-10(2)12(13,3)8-5-6-11(13)14/h10H,2,4-9H2,1,3H3/t10?,12-,13+/m1/s1. The molecule has 2 rings (SSSR count). The zero-order valence-corrected chi connectivity index (χ0v) is 9.44. The number of hydrogen-bond acceptors (Lipinski definition) is 1. The highest BCUT2D eigenvalue weighted by molar-refractivity contribution is 5.87. The van der Waals surface area contributed by atoms with Crippen LogP contribution in [-0.4, -0.2) is 5.78 Å². The van der Waals surface area contributed by atoms with E-state index in [2.05, 4.69) is 20.8 Å². The van der Waals surface area contributed by atoms with Gasteiger partial charge < -0.3 is 0 Å². The molecule has 0 aliphatic heterocycles. The lowest BCUT2D eigenvalue weighted by Gasteiger charge is -2.48. The first-order valence-corrected chi connectivity index (χ1v) is 5.93. The molecule has 1 nitrogen and oxygen atoms in total. The molecular weight excluding hydrogens is 172 g/mol. The molecule has 0 amide bonds. The van der Waals surface area contributed by atoms with Gasteiger partial charge in [0.1, 0.15) is 5.78 Å². The maximum absolute atomic E-state index is 12.2. The van der Waals surface area contributed by atoms with Crippen molar-refractivity contribution in [1.82, 2.24) is 0 Å². The van der Waals surface area contributed by atoms with Crippen molar-refractivity contribution in [3.8, 4) is 0 Å². The Balaban J connectivity index is 2.42. The van der Waals surface area contributed by atoms with Crippen LogP contribution in [0.25, 0.3) is 0 Å². The molecule has 1 heteroatoms. The van der Waals surface area contributed by atoms with Crippen molar-refractivity contribution in [1.29, 1.82) is 0 Å². The average Bonchev–Trinajstić information content (AvgIpc) is 2.42. The van der Waals surface area contributed by atoms with Crippen LogP contribution in [0.3, 0.4) is 0 Å². The van der Waals surface area contributed by atoms with Crippen molar-refractivity contribution in [2.45, 2.75) is 52.4 Å². The van der Waals surface area contributed by atoms with Crippen LogP contribution in [0, 0.1) is 23.7 Å². The van der Waals surface area contributed by atoms with Crippen LogP contribution in [0.1, 0.15) is 52.4 Å². The molecule has 2 fully saturated rings. The van der Waals surface area contributed by atoms with Gasteiger partial charge in [0.15, 0.2) is 0 Å². The van der Waals surface area contributed by atoms with Gasteiger partial charge in [0.25, 0.3) is 0 Å². The van der Waals surface area contributed by atoms with E-state index in [1.54, 1.807) is 0 Å². The molecular formula is C13H21O. The molecule has 0 spiro atoms. The molecule has 0 aromatic rings. The topological polar surface area (TPSA) is 17.1 Å². The summed E-state index contributed by atoms with van der Waals surface area (Å²) < 4.78 is 0. The van der Waals surface area contributed by atoms with E-state index in [0.29, 0.717) is 11.7 Å². The van der Waals surface area contributed by atoms with Gasteiger partial charge in [0, 0.05) is 11.8 Å². The molecule has 3 atom stereocenters. The van der Waals surface area contributed by atoms with E-state index in [-0.39, 0.29) is 10.8 Å². The summed E-state index contributed by atoms with van der Waals surface area (Å²) in [7, 11) is 0. The van der Waals surface area contributed by atoms with Crippen molar-refractivity contribution in [2.24, 2.45) is 16.7 Å². The Kier molecular flexibility index (Phi) is 2.24. The smallest absolute Gasteiger partial charge is 0.139 e. The third-order valence-corrected chi connectivity index (χ3v) is 5.15. The molecule has 0 heterocycles. The molecule has 1 unspecified atom stereocenters. The lowest BCUT2D eigenvalue weighted by atomic mass is 9.55. The van der Waals surface area contributed by atoms with E-state index in [1.165, 1.54) is 6.42 Å². The Morgan fingerprint density at radius 2 is 2.21 bits per heavy atom. The van der Waals surface area contributed by atoms with Crippen LogP contribution in [0.15, 0.2) is 0 Å². The second kappa shape index (κ2) is 3.08. The fourth-order valence-electron chi connectivity index (χ4n) is 3.95. The minimum atomic E-state index is -0.00231. The van der Waals surface area contributed by atoms with E-state index in [1.807, 2.05) is 0 Å². The molecule has 0 aromatic carbocycles. The van der Waals surface area contributed by atoms with Crippen LogP contribution >= 0.6 is 0 Å². The second-order valence-corrected chi connectivity index (χ2v) is 5.37. The normalized spacial score (nSPS) is 47.9. The first-order chi connectivity index (χ1) is 6.57. The molecule has 2 saturated carbocycles. The molecule has 0 N–H and O–H groups in total. The third-order valence-electron chi connectivity index (χ3n) is 5.15. The summed E-state index contributed by atoms with van der Waals surface area (Å²) in [5, 5.41) is 0. The maximum Gasteiger partial charge on any atom is 0.139 e. The lowest BCUT2D eigenvalue weighted by molar-refractivity contribution is -0.140. The van der Waals surface area contributed by atoms with Crippen molar-refractivity contribution in [2.75, 3.05) is 0 Å². The largest absolute Gasteiger partial charge is 0.299 e.